The van der Waals surface area contributed by atoms with E-state index in [0.29, 0.717) is 12.0 Å². The topological polar surface area (TPSA) is 41.6 Å². The fourth-order valence-electron chi connectivity index (χ4n) is 3.71. The van der Waals surface area contributed by atoms with Crippen LogP contribution in [0.25, 0.3) is 0 Å². The normalized spacial score (nSPS) is 30.7. The van der Waals surface area contributed by atoms with Crippen molar-refractivity contribution in [3.05, 3.63) is 29.3 Å². The summed E-state index contributed by atoms with van der Waals surface area (Å²) < 4.78 is 5.49. The van der Waals surface area contributed by atoms with E-state index in [1.807, 2.05) is 18.2 Å². The van der Waals surface area contributed by atoms with E-state index in [4.69, 9.17) is 4.74 Å². The van der Waals surface area contributed by atoms with Crippen LogP contribution in [0.3, 0.4) is 0 Å². The molecule has 1 amide bonds. The minimum atomic E-state index is 0.0680. The number of carbonyl (C=O) groups excluding carboxylic acids is 1. The molecule has 4 aliphatic rings. The van der Waals surface area contributed by atoms with E-state index >= 15 is 0 Å². The molecule has 4 nitrogen and oxygen atoms in total. The van der Waals surface area contributed by atoms with Gasteiger partial charge in [0.05, 0.1) is 6.61 Å². The van der Waals surface area contributed by atoms with Gasteiger partial charge in [-0.25, -0.2) is 0 Å². The maximum absolute atomic E-state index is 12.4. The van der Waals surface area contributed by atoms with Crippen LogP contribution in [0.15, 0.2) is 18.2 Å². The molecule has 0 aromatic heterocycles. The summed E-state index contributed by atoms with van der Waals surface area (Å²) in [5.74, 6) is 1.67. The Labute approximate surface area is 119 Å². The molecule has 0 spiro atoms. The van der Waals surface area contributed by atoms with Crippen molar-refractivity contribution in [3.8, 4) is 5.75 Å². The van der Waals surface area contributed by atoms with Crippen LogP contribution >= 0.6 is 0 Å². The second-order valence-corrected chi connectivity index (χ2v) is 6.14. The minimum absolute atomic E-state index is 0.0680. The Kier molecular flexibility index (Phi) is 2.91. The average molecular weight is 272 g/mol. The van der Waals surface area contributed by atoms with E-state index in [0.717, 1.165) is 36.4 Å². The molecule has 0 aliphatic carbocycles. The van der Waals surface area contributed by atoms with Crippen molar-refractivity contribution in [2.24, 2.45) is 5.92 Å². The first-order valence-electron chi connectivity index (χ1n) is 7.58. The van der Waals surface area contributed by atoms with Crippen LogP contribution < -0.4 is 10.1 Å². The fourth-order valence-corrected chi connectivity index (χ4v) is 3.71. The molecule has 3 fully saturated rings. The summed E-state index contributed by atoms with van der Waals surface area (Å²) in [6.45, 7) is 4.16. The fraction of sp³-hybridized carbons (Fsp3) is 0.562. The lowest BCUT2D eigenvalue weighted by molar-refractivity contribution is 0.0620. The van der Waals surface area contributed by atoms with Gasteiger partial charge in [0.1, 0.15) is 5.75 Å². The zero-order valence-electron chi connectivity index (χ0n) is 11.6. The van der Waals surface area contributed by atoms with Crippen LogP contribution in [0, 0.1) is 5.92 Å². The second kappa shape index (κ2) is 4.77. The van der Waals surface area contributed by atoms with Gasteiger partial charge in [-0.1, -0.05) is 0 Å². The Morgan fingerprint density at radius 2 is 2.15 bits per heavy atom. The minimum Gasteiger partial charge on any atom is -0.493 e. The molecule has 1 aromatic carbocycles. The maximum Gasteiger partial charge on any atom is 0.251 e. The van der Waals surface area contributed by atoms with Gasteiger partial charge in [-0.3, -0.25) is 4.79 Å². The number of piperidine rings is 3. The van der Waals surface area contributed by atoms with Crippen LogP contribution in [-0.4, -0.2) is 43.1 Å². The smallest absolute Gasteiger partial charge is 0.251 e. The van der Waals surface area contributed by atoms with Crippen LogP contribution in [0.2, 0.25) is 0 Å². The van der Waals surface area contributed by atoms with E-state index in [2.05, 4.69) is 10.2 Å². The zero-order valence-corrected chi connectivity index (χ0v) is 11.6. The highest BCUT2D eigenvalue weighted by atomic mass is 16.5. The van der Waals surface area contributed by atoms with Gasteiger partial charge in [0, 0.05) is 24.6 Å². The van der Waals surface area contributed by atoms with Crippen molar-refractivity contribution >= 4 is 5.91 Å². The number of nitrogens with zero attached hydrogens (tertiary/aromatic N) is 1. The maximum atomic E-state index is 12.4. The predicted octanol–water partition coefficient (Wildman–Crippen LogP) is 1.45. The Balaban J connectivity index is 1.48. The molecule has 4 heteroatoms. The lowest BCUT2D eigenvalue weighted by atomic mass is 9.84. The molecule has 20 heavy (non-hydrogen) atoms. The summed E-state index contributed by atoms with van der Waals surface area (Å²) in [7, 11) is 0. The third-order valence-corrected chi connectivity index (χ3v) is 4.92. The Hall–Kier alpha value is -1.55. The first-order chi connectivity index (χ1) is 9.79. The summed E-state index contributed by atoms with van der Waals surface area (Å²) in [6, 6.07) is 6.11. The van der Waals surface area contributed by atoms with Gasteiger partial charge in [0.15, 0.2) is 0 Å². The van der Waals surface area contributed by atoms with Gasteiger partial charge in [-0.2, -0.15) is 0 Å². The molecule has 3 saturated heterocycles. The van der Waals surface area contributed by atoms with Crippen LogP contribution in [-0.2, 0) is 6.42 Å². The molecule has 4 aliphatic heterocycles. The van der Waals surface area contributed by atoms with E-state index in [1.165, 1.54) is 25.9 Å². The number of benzene rings is 1. The zero-order chi connectivity index (χ0) is 13.5. The number of hydrogen-bond donors (Lipinski definition) is 1. The Bertz CT molecular complexity index is 535. The molecular weight excluding hydrogens is 252 g/mol. The van der Waals surface area contributed by atoms with Crippen molar-refractivity contribution < 1.29 is 9.53 Å². The first-order valence-corrected chi connectivity index (χ1v) is 7.58. The van der Waals surface area contributed by atoms with Crippen LogP contribution in [0.1, 0.15) is 28.8 Å². The molecule has 0 radical (unpaired) electrons. The Morgan fingerprint density at radius 3 is 2.90 bits per heavy atom. The summed E-state index contributed by atoms with van der Waals surface area (Å²) in [4.78, 5) is 14.9. The molecule has 2 bridgehead atoms. The summed E-state index contributed by atoms with van der Waals surface area (Å²) in [5.41, 5.74) is 1.93. The Morgan fingerprint density at radius 1 is 1.30 bits per heavy atom. The molecule has 1 N–H and O–H groups in total. The average Bonchev–Trinajstić information content (AvgIpc) is 2.96. The summed E-state index contributed by atoms with van der Waals surface area (Å²) in [5, 5.41) is 3.24. The van der Waals surface area contributed by atoms with Crippen molar-refractivity contribution in [1.82, 2.24) is 10.2 Å². The molecule has 106 valence electrons. The van der Waals surface area contributed by atoms with Gasteiger partial charge in [0.2, 0.25) is 0 Å². The van der Waals surface area contributed by atoms with E-state index in [1.54, 1.807) is 0 Å². The van der Waals surface area contributed by atoms with Crippen LogP contribution in [0.5, 0.6) is 5.75 Å². The molecule has 4 heterocycles. The second-order valence-electron chi connectivity index (χ2n) is 6.14. The molecule has 1 aromatic rings. The third kappa shape index (κ3) is 2.08. The summed E-state index contributed by atoms with van der Waals surface area (Å²) >= 11 is 0. The third-order valence-electron chi connectivity index (χ3n) is 4.92. The largest absolute Gasteiger partial charge is 0.493 e. The van der Waals surface area contributed by atoms with Crippen molar-refractivity contribution in [3.63, 3.8) is 0 Å². The highest BCUT2D eigenvalue weighted by Crippen LogP contribution is 2.29. The van der Waals surface area contributed by atoms with Crippen LogP contribution in [0.4, 0.5) is 0 Å². The SMILES string of the molecule is O=C(N[C@H]1CN2CCC1CC2)c1ccc2c(c1)CCO2. The van der Waals surface area contributed by atoms with Crippen molar-refractivity contribution in [2.45, 2.75) is 25.3 Å². The van der Waals surface area contributed by atoms with Gasteiger partial charge < -0.3 is 15.0 Å². The number of rotatable bonds is 2. The molecular formula is C16H20N2O2. The molecule has 0 saturated carbocycles. The van der Waals surface area contributed by atoms with Gasteiger partial charge in [-0.15, -0.1) is 0 Å². The number of hydrogen-bond acceptors (Lipinski definition) is 3. The van der Waals surface area contributed by atoms with E-state index in [-0.39, 0.29) is 5.91 Å². The van der Waals surface area contributed by atoms with Gasteiger partial charge in [-0.05, 0) is 55.6 Å². The van der Waals surface area contributed by atoms with Gasteiger partial charge in [0.25, 0.3) is 5.91 Å². The van der Waals surface area contributed by atoms with E-state index < -0.39 is 0 Å². The highest BCUT2D eigenvalue weighted by Gasteiger charge is 2.35. The first kappa shape index (κ1) is 12.2. The number of ether oxygens (including phenoxy) is 1. The highest BCUT2D eigenvalue weighted by molar-refractivity contribution is 5.94. The number of carbonyl (C=O) groups is 1. The number of amides is 1. The van der Waals surface area contributed by atoms with E-state index in [9.17, 15) is 4.79 Å². The quantitative estimate of drug-likeness (QED) is 0.886. The predicted molar refractivity (Wildman–Crippen MR) is 76.1 cm³/mol. The van der Waals surface area contributed by atoms with Crippen molar-refractivity contribution in [1.29, 1.82) is 0 Å². The van der Waals surface area contributed by atoms with Crippen molar-refractivity contribution in [2.75, 3.05) is 26.2 Å². The monoisotopic (exact) mass is 272 g/mol. The summed E-state index contributed by atoms with van der Waals surface area (Å²) in [6.07, 6.45) is 3.36. The number of fused-ring (bicyclic) bond motifs is 4. The lowest BCUT2D eigenvalue weighted by Crippen LogP contribution is -2.57. The van der Waals surface area contributed by atoms with Gasteiger partial charge >= 0.3 is 0 Å². The standard InChI is InChI=1S/C16H20N2O2/c19-16(13-1-2-15-12(9-13)5-8-20-15)17-14-10-18-6-3-11(14)4-7-18/h1-2,9,11,14H,3-8,10H2,(H,17,19)/t14-/m0/s1. The molecule has 5 rings (SSSR count). The lowest BCUT2D eigenvalue weighted by Gasteiger charge is -2.44. The number of nitrogens with one attached hydrogen (secondary N) is 1. The molecule has 0 unspecified atom stereocenters. The molecule has 1 atom stereocenters.